The average molecular weight is 501 g/mol. The fourth-order valence-electron chi connectivity index (χ4n) is 4.77. The number of hydrogen-bond donors (Lipinski definition) is 6. The summed E-state index contributed by atoms with van der Waals surface area (Å²) >= 11 is 0. The molecular weight excluding hydrogens is 456 g/mol. The molecule has 1 unspecified atom stereocenters. The van der Waals surface area contributed by atoms with E-state index >= 15 is 0 Å². The van der Waals surface area contributed by atoms with E-state index in [0.29, 0.717) is 5.56 Å². The maximum absolute atomic E-state index is 11.8. The molecule has 2 aromatic carbocycles. The first-order valence-corrected chi connectivity index (χ1v) is 13.0. The van der Waals surface area contributed by atoms with Crippen molar-refractivity contribution in [2.45, 2.75) is 95.2 Å². The largest absolute Gasteiger partial charge is 0.394 e. The molecule has 36 heavy (non-hydrogen) atoms. The van der Waals surface area contributed by atoms with E-state index in [2.05, 4.69) is 13.8 Å². The summed E-state index contributed by atoms with van der Waals surface area (Å²) in [7, 11) is 0. The van der Waals surface area contributed by atoms with Crippen LogP contribution in [0.1, 0.15) is 62.3 Å². The van der Waals surface area contributed by atoms with Crippen LogP contribution in [0.15, 0.2) is 60.7 Å². The van der Waals surface area contributed by atoms with E-state index in [1.165, 1.54) is 5.56 Å². The van der Waals surface area contributed by atoms with Crippen LogP contribution in [0.25, 0.3) is 0 Å². The third-order valence-corrected chi connectivity index (χ3v) is 6.87. The third-order valence-electron chi connectivity index (χ3n) is 6.87. The molecule has 6 heteroatoms. The van der Waals surface area contributed by atoms with Gasteiger partial charge < -0.3 is 30.6 Å². The minimum absolute atomic E-state index is 0.0149. The van der Waals surface area contributed by atoms with E-state index in [1.54, 1.807) is 31.2 Å². The summed E-state index contributed by atoms with van der Waals surface area (Å²) in [6.45, 7) is 5.17. The molecule has 2 aromatic rings. The number of benzene rings is 2. The number of allylic oxidation sites excluding steroid dienone is 1. The standard InChI is InChI=1S/C30H44O6/c1-4-7-18-29(35,19-24-14-10-22(8-5-2)11-15-24)28(34)30(36,27(33)26(32)21-31)20-25-16-12-23(9-6-3)13-17-25/h4,7,10-17,26-28,31-36H,5-6,8-9,18-21H2,1-3H3/b7-4+/t26-,27+,28+,29?,30+/m0/s1. The van der Waals surface area contributed by atoms with Crippen molar-refractivity contribution in [3.63, 3.8) is 0 Å². The molecule has 2 rings (SSSR count). The second kappa shape index (κ2) is 14.0. The average Bonchev–Trinajstić information content (AvgIpc) is 2.88. The predicted octanol–water partition coefficient (Wildman–Crippen LogP) is 2.88. The van der Waals surface area contributed by atoms with Gasteiger partial charge in [0.15, 0.2) is 0 Å². The molecule has 0 aromatic heterocycles. The molecule has 0 saturated heterocycles. The Bertz CT molecular complexity index is 925. The second-order valence-electron chi connectivity index (χ2n) is 9.95. The van der Waals surface area contributed by atoms with Crippen molar-refractivity contribution in [3.05, 3.63) is 82.9 Å². The summed E-state index contributed by atoms with van der Waals surface area (Å²) < 4.78 is 0. The number of aliphatic hydroxyl groups excluding tert-OH is 4. The number of aryl methyl sites for hydroxylation is 2. The molecule has 6 N–H and O–H groups in total. The first-order chi connectivity index (χ1) is 17.1. The van der Waals surface area contributed by atoms with Gasteiger partial charge in [0.2, 0.25) is 0 Å². The van der Waals surface area contributed by atoms with Crippen LogP contribution in [-0.2, 0) is 25.7 Å². The van der Waals surface area contributed by atoms with E-state index < -0.39 is 36.1 Å². The van der Waals surface area contributed by atoms with Gasteiger partial charge in [0.1, 0.15) is 29.5 Å². The van der Waals surface area contributed by atoms with Gasteiger partial charge in [-0.3, -0.25) is 0 Å². The summed E-state index contributed by atoms with van der Waals surface area (Å²) in [5.41, 5.74) is -0.512. The molecular formula is C30H44O6. The lowest BCUT2D eigenvalue weighted by molar-refractivity contribution is -0.228. The smallest absolute Gasteiger partial charge is 0.126 e. The van der Waals surface area contributed by atoms with Crippen molar-refractivity contribution in [1.82, 2.24) is 0 Å². The number of aliphatic hydroxyl groups is 6. The highest BCUT2D eigenvalue weighted by molar-refractivity contribution is 5.28. The monoisotopic (exact) mass is 500 g/mol. The van der Waals surface area contributed by atoms with E-state index in [1.807, 2.05) is 36.4 Å². The number of rotatable bonds is 15. The Kier molecular flexibility index (Phi) is 11.8. The first kappa shape index (κ1) is 30.2. The molecule has 0 fully saturated rings. The van der Waals surface area contributed by atoms with Crippen LogP contribution >= 0.6 is 0 Å². The molecule has 0 spiro atoms. The lowest BCUT2D eigenvalue weighted by atomic mass is 9.71. The Labute approximate surface area is 215 Å². The van der Waals surface area contributed by atoms with E-state index in [0.717, 1.165) is 36.8 Å². The zero-order valence-electron chi connectivity index (χ0n) is 21.8. The maximum atomic E-state index is 11.8. The van der Waals surface area contributed by atoms with Crippen LogP contribution in [0.5, 0.6) is 0 Å². The highest BCUT2D eigenvalue weighted by Crippen LogP contribution is 2.35. The van der Waals surface area contributed by atoms with Crippen LogP contribution in [0.4, 0.5) is 0 Å². The highest BCUT2D eigenvalue weighted by Gasteiger charge is 2.53. The van der Waals surface area contributed by atoms with Crippen LogP contribution in [-0.4, -0.2) is 66.8 Å². The highest BCUT2D eigenvalue weighted by atomic mass is 16.4. The minimum atomic E-state index is -2.34. The van der Waals surface area contributed by atoms with E-state index in [-0.39, 0.29) is 19.3 Å². The lowest BCUT2D eigenvalue weighted by Crippen LogP contribution is -2.66. The summed E-state index contributed by atoms with van der Waals surface area (Å²) in [6, 6.07) is 15.2. The fourth-order valence-corrected chi connectivity index (χ4v) is 4.77. The van der Waals surface area contributed by atoms with Gasteiger partial charge >= 0.3 is 0 Å². The van der Waals surface area contributed by atoms with Gasteiger partial charge in [-0.1, -0.05) is 87.4 Å². The zero-order chi connectivity index (χ0) is 26.8. The summed E-state index contributed by atoms with van der Waals surface area (Å²) in [6.07, 6.45) is 1.63. The number of hydrogen-bond acceptors (Lipinski definition) is 6. The minimum Gasteiger partial charge on any atom is -0.394 e. The molecule has 0 aliphatic heterocycles. The molecule has 6 nitrogen and oxygen atoms in total. The molecule has 0 radical (unpaired) electrons. The van der Waals surface area contributed by atoms with Gasteiger partial charge in [-0.05, 0) is 48.4 Å². The molecule has 0 saturated carbocycles. The van der Waals surface area contributed by atoms with Crippen molar-refractivity contribution in [2.75, 3.05) is 6.61 Å². The SMILES string of the molecule is C/C=C/CC(O)(Cc1ccc(CCC)cc1)[C@@H](O)[C@@](O)(Cc1ccc(CCC)cc1)[C@H](O)[C@@H](O)CO. The third kappa shape index (κ3) is 7.72. The summed E-state index contributed by atoms with van der Waals surface area (Å²) in [5, 5.41) is 65.7. The van der Waals surface area contributed by atoms with E-state index in [4.69, 9.17) is 0 Å². The van der Waals surface area contributed by atoms with Gasteiger partial charge in [0, 0.05) is 12.8 Å². The fraction of sp³-hybridized carbons (Fsp3) is 0.533. The molecule has 0 aliphatic rings. The Morgan fingerprint density at radius 3 is 1.61 bits per heavy atom. The zero-order valence-corrected chi connectivity index (χ0v) is 21.8. The lowest BCUT2D eigenvalue weighted by Gasteiger charge is -2.46. The van der Waals surface area contributed by atoms with Gasteiger partial charge in [-0.2, -0.15) is 0 Å². The Balaban J connectivity index is 2.46. The Hall–Kier alpha value is -2.06. The molecule has 0 amide bonds. The van der Waals surface area contributed by atoms with Gasteiger partial charge in [0.05, 0.1) is 6.61 Å². The van der Waals surface area contributed by atoms with Crippen LogP contribution in [0.2, 0.25) is 0 Å². The van der Waals surface area contributed by atoms with Crippen LogP contribution in [0.3, 0.4) is 0 Å². The van der Waals surface area contributed by atoms with Crippen molar-refractivity contribution in [2.24, 2.45) is 0 Å². The van der Waals surface area contributed by atoms with Gasteiger partial charge in [-0.15, -0.1) is 0 Å². The summed E-state index contributed by atoms with van der Waals surface area (Å²) in [4.78, 5) is 0. The summed E-state index contributed by atoms with van der Waals surface area (Å²) in [5.74, 6) is 0. The van der Waals surface area contributed by atoms with Crippen LogP contribution in [0, 0.1) is 0 Å². The molecule has 5 atom stereocenters. The normalized spacial score (nSPS) is 17.9. The molecule has 0 bridgehead atoms. The van der Waals surface area contributed by atoms with Gasteiger partial charge in [-0.25, -0.2) is 0 Å². The van der Waals surface area contributed by atoms with E-state index in [9.17, 15) is 30.6 Å². The molecule has 200 valence electrons. The quantitative estimate of drug-likeness (QED) is 0.209. The predicted molar refractivity (Wildman–Crippen MR) is 143 cm³/mol. The van der Waals surface area contributed by atoms with Crippen molar-refractivity contribution in [1.29, 1.82) is 0 Å². The van der Waals surface area contributed by atoms with Crippen LogP contribution < -0.4 is 0 Å². The molecule has 0 heterocycles. The van der Waals surface area contributed by atoms with Gasteiger partial charge in [0.25, 0.3) is 0 Å². The second-order valence-corrected chi connectivity index (χ2v) is 9.95. The Morgan fingerprint density at radius 2 is 1.19 bits per heavy atom. The first-order valence-electron chi connectivity index (χ1n) is 13.0. The van der Waals surface area contributed by atoms with Crippen molar-refractivity contribution < 1.29 is 30.6 Å². The maximum Gasteiger partial charge on any atom is 0.126 e. The molecule has 0 aliphatic carbocycles. The topological polar surface area (TPSA) is 121 Å². The van der Waals surface area contributed by atoms with Crippen molar-refractivity contribution >= 4 is 0 Å². The van der Waals surface area contributed by atoms with Crippen molar-refractivity contribution in [3.8, 4) is 0 Å². The Morgan fingerprint density at radius 1 is 0.750 bits per heavy atom.